The zero-order chi connectivity index (χ0) is 15.7. The van der Waals surface area contributed by atoms with Crippen LogP contribution in [0.3, 0.4) is 0 Å². The molecule has 116 valence electrons. The number of hydrogen-bond donors (Lipinski definition) is 2. The Hall–Kier alpha value is -2.12. The molecule has 0 bridgehead atoms. The summed E-state index contributed by atoms with van der Waals surface area (Å²) in [6.45, 7) is 1.66. The van der Waals surface area contributed by atoms with Crippen LogP contribution >= 0.6 is 0 Å². The molecule has 1 aromatic carbocycles. The lowest BCUT2D eigenvalue weighted by Crippen LogP contribution is -2.39. The normalized spacial score (nSPS) is 10.2. The molecular formula is C14H20N2O5. The van der Waals surface area contributed by atoms with Crippen molar-refractivity contribution < 1.29 is 24.2 Å². The van der Waals surface area contributed by atoms with Crippen LogP contribution in [0.25, 0.3) is 0 Å². The van der Waals surface area contributed by atoms with Crippen molar-refractivity contribution >= 4 is 17.7 Å². The third kappa shape index (κ3) is 5.80. The highest BCUT2D eigenvalue weighted by Crippen LogP contribution is 2.11. The van der Waals surface area contributed by atoms with E-state index in [1.54, 1.807) is 31.3 Å². The van der Waals surface area contributed by atoms with E-state index in [1.807, 2.05) is 0 Å². The van der Waals surface area contributed by atoms with Crippen molar-refractivity contribution in [3.63, 3.8) is 0 Å². The number of anilines is 1. The van der Waals surface area contributed by atoms with E-state index in [0.29, 0.717) is 32.0 Å². The van der Waals surface area contributed by atoms with Crippen LogP contribution in [0.2, 0.25) is 0 Å². The summed E-state index contributed by atoms with van der Waals surface area (Å²) < 4.78 is 9.93. The van der Waals surface area contributed by atoms with Crippen LogP contribution in [0.1, 0.15) is 10.4 Å². The molecule has 7 nitrogen and oxygen atoms in total. The standard InChI is InChI=1S/C14H20N2O5/c1-20-8-6-16(7-9-21-2)14(19)15-12-5-3-4-11(10-12)13(17)18/h3-5,10H,6-9H2,1-2H3,(H,15,19)(H,17,18). The van der Waals surface area contributed by atoms with E-state index in [4.69, 9.17) is 14.6 Å². The predicted octanol–water partition coefficient (Wildman–Crippen LogP) is 1.51. The SMILES string of the molecule is COCCN(CCOC)C(=O)Nc1cccc(C(=O)O)c1. The number of benzene rings is 1. The maximum absolute atomic E-state index is 12.2. The topological polar surface area (TPSA) is 88.1 Å². The van der Waals surface area contributed by atoms with Gasteiger partial charge in [-0.05, 0) is 18.2 Å². The van der Waals surface area contributed by atoms with E-state index in [2.05, 4.69) is 5.32 Å². The summed E-state index contributed by atoms with van der Waals surface area (Å²) in [6, 6.07) is 5.76. The molecule has 0 fully saturated rings. The summed E-state index contributed by atoms with van der Waals surface area (Å²) in [5.41, 5.74) is 0.549. The van der Waals surface area contributed by atoms with E-state index in [0.717, 1.165) is 0 Å². The van der Waals surface area contributed by atoms with E-state index in [-0.39, 0.29) is 11.6 Å². The summed E-state index contributed by atoms with van der Waals surface area (Å²) in [6.07, 6.45) is 0. The average molecular weight is 296 g/mol. The van der Waals surface area contributed by atoms with Gasteiger partial charge < -0.3 is 24.8 Å². The fourth-order valence-electron chi connectivity index (χ4n) is 1.65. The second-order valence-electron chi connectivity index (χ2n) is 4.29. The van der Waals surface area contributed by atoms with Crippen LogP contribution in [0, 0.1) is 0 Å². The summed E-state index contributed by atoms with van der Waals surface area (Å²) >= 11 is 0. The van der Waals surface area contributed by atoms with Crippen LogP contribution in [-0.4, -0.2) is 62.5 Å². The Balaban J connectivity index is 2.70. The highest BCUT2D eigenvalue weighted by molar-refractivity contribution is 5.93. The van der Waals surface area contributed by atoms with Gasteiger partial charge in [-0.3, -0.25) is 0 Å². The van der Waals surface area contributed by atoms with Crippen molar-refractivity contribution in [3.8, 4) is 0 Å². The molecule has 0 saturated heterocycles. The number of rotatable bonds is 8. The smallest absolute Gasteiger partial charge is 0.335 e. The number of aromatic carboxylic acids is 1. The summed E-state index contributed by atoms with van der Waals surface area (Å²) in [7, 11) is 3.12. The molecule has 0 radical (unpaired) electrons. The van der Waals surface area contributed by atoms with Gasteiger partial charge in [0.25, 0.3) is 0 Å². The van der Waals surface area contributed by atoms with E-state index < -0.39 is 5.97 Å². The minimum atomic E-state index is -1.04. The molecule has 0 saturated carbocycles. The molecule has 0 atom stereocenters. The largest absolute Gasteiger partial charge is 0.478 e. The molecule has 0 unspecified atom stereocenters. The van der Waals surface area contributed by atoms with Crippen LogP contribution in [0.4, 0.5) is 10.5 Å². The zero-order valence-electron chi connectivity index (χ0n) is 12.2. The first-order valence-corrected chi connectivity index (χ1v) is 6.45. The highest BCUT2D eigenvalue weighted by atomic mass is 16.5. The number of urea groups is 1. The van der Waals surface area contributed by atoms with Gasteiger partial charge in [-0.1, -0.05) is 6.07 Å². The number of ether oxygens (including phenoxy) is 2. The Labute approximate surface area is 123 Å². The highest BCUT2D eigenvalue weighted by Gasteiger charge is 2.13. The minimum absolute atomic E-state index is 0.119. The van der Waals surface area contributed by atoms with Gasteiger partial charge >= 0.3 is 12.0 Å². The Bertz CT molecular complexity index is 470. The maximum atomic E-state index is 12.2. The number of nitrogens with one attached hydrogen (secondary N) is 1. The predicted molar refractivity (Wildman–Crippen MR) is 77.7 cm³/mol. The number of hydrogen-bond acceptors (Lipinski definition) is 4. The molecule has 1 aromatic rings. The van der Waals surface area contributed by atoms with Crippen LogP contribution in [-0.2, 0) is 9.47 Å². The molecule has 0 spiro atoms. The second kappa shape index (κ2) is 8.93. The molecule has 1 rings (SSSR count). The minimum Gasteiger partial charge on any atom is -0.478 e. The van der Waals surface area contributed by atoms with Crippen molar-refractivity contribution in [3.05, 3.63) is 29.8 Å². The van der Waals surface area contributed by atoms with Gasteiger partial charge in [-0.25, -0.2) is 9.59 Å². The number of nitrogens with zero attached hydrogens (tertiary/aromatic N) is 1. The van der Waals surface area contributed by atoms with Gasteiger partial charge in [0.15, 0.2) is 0 Å². The number of carboxylic acids is 1. The van der Waals surface area contributed by atoms with Gasteiger partial charge in [0.1, 0.15) is 0 Å². The molecule has 0 aromatic heterocycles. The number of carbonyl (C=O) groups excluding carboxylic acids is 1. The van der Waals surface area contributed by atoms with Gasteiger partial charge in [-0.15, -0.1) is 0 Å². The molecule has 2 N–H and O–H groups in total. The van der Waals surface area contributed by atoms with Gasteiger partial charge in [0.2, 0.25) is 0 Å². The van der Waals surface area contributed by atoms with Crippen molar-refractivity contribution in [2.75, 3.05) is 45.8 Å². The third-order valence-electron chi connectivity index (χ3n) is 2.78. The van der Waals surface area contributed by atoms with Gasteiger partial charge in [0, 0.05) is 33.0 Å². The molecule has 21 heavy (non-hydrogen) atoms. The lowest BCUT2D eigenvalue weighted by molar-refractivity contribution is 0.0697. The van der Waals surface area contributed by atoms with Crippen molar-refractivity contribution in [1.82, 2.24) is 4.90 Å². The van der Waals surface area contributed by atoms with E-state index in [1.165, 1.54) is 12.1 Å². The number of carbonyl (C=O) groups is 2. The number of carboxylic acid groups (broad SMARTS) is 1. The van der Waals surface area contributed by atoms with Crippen LogP contribution < -0.4 is 5.32 Å². The van der Waals surface area contributed by atoms with Crippen molar-refractivity contribution in [1.29, 1.82) is 0 Å². The van der Waals surface area contributed by atoms with Gasteiger partial charge in [0.05, 0.1) is 18.8 Å². The number of amides is 2. The van der Waals surface area contributed by atoms with E-state index in [9.17, 15) is 9.59 Å². The monoisotopic (exact) mass is 296 g/mol. The fourth-order valence-corrected chi connectivity index (χ4v) is 1.65. The summed E-state index contributed by atoms with van der Waals surface area (Å²) in [5.74, 6) is -1.04. The molecule has 0 aliphatic carbocycles. The summed E-state index contributed by atoms with van der Waals surface area (Å²) in [4.78, 5) is 24.6. The first kappa shape index (κ1) is 16.9. The molecule has 0 heterocycles. The maximum Gasteiger partial charge on any atom is 0.335 e. The quantitative estimate of drug-likeness (QED) is 0.759. The van der Waals surface area contributed by atoms with Crippen LogP contribution in [0.5, 0.6) is 0 Å². The number of methoxy groups -OCH3 is 2. The fraction of sp³-hybridized carbons (Fsp3) is 0.429. The zero-order valence-corrected chi connectivity index (χ0v) is 12.2. The first-order valence-electron chi connectivity index (χ1n) is 6.45. The third-order valence-corrected chi connectivity index (χ3v) is 2.78. The molecular weight excluding hydrogens is 276 g/mol. The Kier molecular flexibility index (Phi) is 7.20. The van der Waals surface area contributed by atoms with Crippen molar-refractivity contribution in [2.45, 2.75) is 0 Å². The lowest BCUT2D eigenvalue weighted by Gasteiger charge is -2.22. The molecule has 0 aliphatic heterocycles. The Morgan fingerprint density at radius 1 is 1.19 bits per heavy atom. The van der Waals surface area contributed by atoms with E-state index >= 15 is 0 Å². The van der Waals surface area contributed by atoms with Crippen molar-refractivity contribution in [2.24, 2.45) is 0 Å². The van der Waals surface area contributed by atoms with Crippen LogP contribution in [0.15, 0.2) is 24.3 Å². The Morgan fingerprint density at radius 3 is 2.33 bits per heavy atom. The second-order valence-corrected chi connectivity index (χ2v) is 4.29. The average Bonchev–Trinajstić information content (AvgIpc) is 2.47. The van der Waals surface area contributed by atoms with Gasteiger partial charge in [-0.2, -0.15) is 0 Å². The Morgan fingerprint density at radius 2 is 1.81 bits per heavy atom. The molecule has 0 aliphatic rings. The lowest BCUT2D eigenvalue weighted by atomic mass is 10.2. The molecule has 7 heteroatoms. The summed E-state index contributed by atoms with van der Waals surface area (Å²) in [5, 5.41) is 11.6. The molecule has 2 amide bonds. The first-order chi connectivity index (χ1) is 10.1.